The molecule has 0 aromatic carbocycles. The minimum atomic E-state index is -0.801. The fraction of sp³-hybridized carbons (Fsp3) is 0.800. The summed E-state index contributed by atoms with van der Waals surface area (Å²) in [5.74, 6) is 2.05. The van der Waals surface area contributed by atoms with E-state index in [-0.39, 0.29) is 16.2 Å². The average molecular weight is 455 g/mol. The number of Topliss-reactive ketones (excluding diaryl/α,β-unsaturated/α-hetero) is 1. The van der Waals surface area contributed by atoms with Gasteiger partial charge < -0.3 is 5.11 Å². The minimum Gasteiger partial charge on any atom is -0.478 e. The van der Waals surface area contributed by atoms with E-state index in [9.17, 15) is 9.59 Å². The van der Waals surface area contributed by atoms with E-state index in [4.69, 9.17) is 5.11 Å². The van der Waals surface area contributed by atoms with Gasteiger partial charge >= 0.3 is 5.97 Å². The number of aliphatic carboxylic acids is 1. The van der Waals surface area contributed by atoms with Crippen LogP contribution in [-0.4, -0.2) is 16.9 Å². The fourth-order valence-electron chi connectivity index (χ4n) is 9.32. The van der Waals surface area contributed by atoms with Gasteiger partial charge in [-0.2, -0.15) is 0 Å². The molecule has 0 spiro atoms. The first kappa shape index (κ1) is 24.7. The third kappa shape index (κ3) is 3.50. The molecule has 0 amide bonds. The Morgan fingerprint density at radius 3 is 2.52 bits per heavy atom. The van der Waals surface area contributed by atoms with Crippen molar-refractivity contribution in [1.82, 2.24) is 0 Å². The Hall–Kier alpha value is -1.38. The van der Waals surface area contributed by atoms with Crippen molar-refractivity contribution in [2.75, 3.05) is 0 Å². The first-order valence-electron chi connectivity index (χ1n) is 13.4. The van der Waals surface area contributed by atoms with Crippen molar-refractivity contribution >= 4 is 11.8 Å². The molecule has 3 saturated carbocycles. The normalized spacial score (nSPS) is 43.2. The van der Waals surface area contributed by atoms with Crippen LogP contribution >= 0.6 is 0 Å². The van der Waals surface area contributed by atoms with Gasteiger partial charge in [0.25, 0.3) is 0 Å². The van der Waals surface area contributed by atoms with Crippen molar-refractivity contribution in [3.05, 3.63) is 23.3 Å². The third-order valence-electron chi connectivity index (χ3n) is 11.7. The van der Waals surface area contributed by atoms with E-state index in [0.717, 1.165) is 32.1 Å². The quantitative estimate of drug-likeness (QED) is 0.343. The highest BCUT2D eigenvalue weighted by Gasteiger charge is 2.65. The van der Waals surface area contributed by atoms with E-state index in [0.29, 0.717) is 40.4 Å². The molecule has 0 unspecified atom stereocenters. The number of rotatable bonds is 5. The first-order valence-corrected chi connectivity index (χ1v) is 13.4. The molecular formula is C30H46O3. The Morgan fingerprint density at radius 2 is 1.85 bits per heavy atom. The highest BCUT2D eigenvalue weighted by atomic mass is 16.4. The molecule has 4 rings (SSSR count). The monoisotopic (exact) mass is 454 g/mol. The van der Waals surface area contributed by atoms with Gasteiger partial charge in [0.2, 0.25) is 0 Å². The van der Waals surface area contributed by atoms with Crippen molar-refractivity contribution in [2.24, 2.45) is 45.3 Å². The lowest BCUT2D eigenvalue weighted by Crippen LogP contribution is -2.57. The van der Waals surface area contributed by atoms with Gasteiger partial charge in [0.15, 0.2) is 0 Å². The molecule has 7 atom stereocenters. The molecule has 4 aliphatic rings. The van der Waals surface area contributed by atoms with E-state index < -0.39 is 5.97 Å². The smallest absolute Gasteiger partial charge is 0.330 e. The van der Waals surface area contributed by atoms with Crippen LogP contribution in [-0.2, 0) is 9.59 Å². The lowest BCUT2D eigenvalue weighted by Gasteiger charge is -2.63. The summed E-state index contributed by atoms with van der Waals surface area (Å²) < 4.78 is 0. The van der Waals surface area contributed by atoms with Crippen LogP contribution in [0.25, 0.3) is 0 Å². The molecule has 3 heteroatoms. The summed E-state index contributed by atoms with van der Waals surface area (Å²) in [6.07, 6.45) is 14.4. The Kier molecular flexibility index (Phi) is 6.07. The Balaban J connectivity index is 1.59. The van der Waals surface area contributed by atoms with Crippen molar-refractivity contribution in [3.8, 4) is 0 Å². The molecule has 0 aromatic heterocycles. The van der Waals surface area contributed by atoms with Crippen molar-refractivity contribution in [3.63, 3.8) is 0 Å². The van der Waals surface area contributed by atoms with Crippen LogP contribution in [0, 0.1) is 45.3 Å². The van der Waals surface area contributed by atoms with Gasteiger partial charge in [-0.1, -0.05) is 59.3 Å². The molecule has 0 bridgehead atoms. The second kappa shape index (κ2) is 8.09. The maximum atomic E-state index is 12.8. The number of carbonyl (C=O) groups is 2. The van der Waals surface area contributed by atoms with E-state index in [1.54, 1.807) is 12.5 Å². The van der Waals surface area contributed by atoms with Crippen molar-refractivity contribution in [1.29, 1.82) is 0 Å². The first-order chi connectivity index (χ1) is 15.3. The predicted molar refractivity (Wildman–Crippen MR) is 134 cm³/mol. The van der Waals surface area contributed by atoms with Crippen LogP contribution < -0.4 is 0 Å². The topological polar surface area (TPSA) is 54.4 Å². The van der Waals surface area contributed by atoms with Gasteiger partial charge in [-0.25, -0.2) is 4.79 Å². The fourth-order valence-corrected chi connectivity index (χ4v) is 9.32. The lowest BCUT2D eigenvalue weighted by atomic mass is 9.41. The van der Waals surface area contributed by atoms with E-state index in [1.807, 2.05) is 6.08 Å². The summed E-state index contributed by atoms with van der Waals surface area (Å²) in [5, 5.41) is 9.16. The van der Waals surface area contributed by atoms with Gasteiger partial charge in [0.05, 0.1) is 0 Å². The summed E-state index contributed by atoms with van der Waals surface area (Å²) in [7, 11) is 0. The summed E-state index contributed by atoms with van der Waals surface area (Å²) in [6.45, 7) is 16.2. The maximum Gasteiger partial charge on any atom is 0.330 e. The Bertz CT molecular complexity index is 894. The zero-order valence-corrected chi connectivity index (χ0v) is 22.1. The second-order valence-electron chi connectivity index (χ2n) is 13.3. The summed E-state index contributed by atoms with van der Waals surface area (Å²) in [4.78, 5) is 23.9. The van der Waals surface area contributed by atoms with Crippen LogP contribution in [0.3, 0.4) is 0 Å². The maximum absolute atomic E-state index is 12.8. The molecule has 33 heavy (non-hydrogen) atoms. The number of allylic oxidation sites excluding steroid dienone is 3. The van der Waals surface area contributed by atoms with Gasteiger partial charge in [-0.3, -0.25) is 4.79 Å². The summed E-state index contributed by atoms with van der Waals surface area (Å²) in [5.41, 5.74) is 2.80. The minimum absolute atomic E-state index is 0.203. The largest absolute Gasteiger partial charge is 0.478 e. The summed E-state index contributed by atoms with van der Waals surface area (Å²) >= 11 is 0. The Labute approximate surface area is 201 Å². The number of ketones is 1. The highest BCUT2D eigenvalue weighted by molar-refractivity contribution is 5.86. The van der Waals surface area contributed by atoms with E-state index in [2.05, 4.69) is 47.6 Å². The molecule has 3 fully saturated rings. The number of fused-ring (bicyclic) bond motifs is 5. The lowest BCUT2D eigenvalue weighted by molar-refractivity contribution is -0.146. The number of carbonyl (C=O) groups excluding carboxylic acids is 1. The highest BCUT2D eigenvalue weighted by Crippen LogP contribution is 2.73. The molecule has 0 saturated heterocycles. The van der Waals surface area contributed by atoms with Crippen LogP contribution in [0.2, 0.25) is 0 Å². The Morgan fingerprint density at radius 1 is 1.15 bits per heavy atom. The number of carboxylic acids is 1. The molecule has 1 N–H and O–H groups in total. The van der Waals surface area contributed by atoms with E-state index in [1.165, 1.54) is 25.7 Å². The molecule has 4 aliphatic carbocycles. The number of hydrogen-bond donors (Lipinski definition) is 1. The average Bonchev–Trinajstić information content (AvgIpc) is 3.02. The van der Waals surface area contributed by atoms with Crippen LogP contribution in [0.5, 0.6) is 0 Å². The molecule has 0 aromatic rings. The number of carboxylic acid groups (broad SMARTS) is 1. The molecule has 0 radical (unpaired) electrons. The molecule has 3 nitrogen and oxygen atoms in total. The van der Waals surface area contributed by atoms with Crippen LogP contribution in [0.1, 0.15) is 106 Å². The predicted octanol–water partition coefficient (Wildman–Crippen LogP) is 7.61. The number of hydrogen-bond acceptors (Lipinski definition) is 2. The summed E-state index contributed by atoms with van der Waals surface area (Å²) in [6, 6.07) is 0. The zero-order chi connectivity index (χ0) is 24.4. The van der Waals surface area contributed by atoms with Gasteiger partial charge in [-0.05, 0) is 98.2 Å². The zero-order valence-electron chi connectivity index (χ0n) is 22.1. The molecule has 0 aliphatic heterocycles. The van der Waals surface area contributed by atoms with Gasteiger partial charge in [0.1, 0.15) is 5.78 Å². The van der Waals surface area contributed by atoms with Gasteiger partial charge in [-0.15, -0.1) is 0 Å². The second-order valence-corrected chi connectivity index (χ2v) is 13.3. The third-order valence-corrected chi connectivity index (χ3v) is 11.7. The SMILES string of the molecule is C/C(=C/CC[C@@H](C)[C@H]1CC[C@@]2(C)C3=CC[C@H]4C(C)(C)C(=O)CC[C@]4(C)[C@H]3CC[C@]12C)C(=O)O. The van der Waals surface area contributed by atoms with Crippen molar-refractivity contribution in [2.45, 2.75) is 106 Å². The van der Waals surface area contributed by atoms with Crippen molar-refractivity contribution < 1.29 is 14.7 Å². The van der Waals surface area contributed by atoms with Crippen LogP contribution in [0.4, 0.5) is 0 Å². The molecular weight excluding hydrogens is 408 g/mol. The molecule has 184 valence electrons. The van der Waals surface area contributed by atoms with Gasteiger partial charge in [0, 0.05) is 17.4 Å². The molecule has 0 heterocycles. The standard InChI is InChI=1S/C30H46O3/c1-19(9-8-10-20(2)26(32)33)21-13-17-30(7)23-11-12-24-27(3,4)25(31)15-16-28(24,5)22(23)14-18-29(21,30)6/h10-11,19,21-22,24H,8-9,12-18H2,1-7H3,(H,32,33)/b20-10-/t19-,21-,22+,24+,28-,29-,30+/m1/s1. The van der Waals surface area contributed by atoms with Crippen LogP contribution in [0.15, 0.2) is 23.3 Å². The van der Waals surface area contributed by atoms with E-state index >= 15 is 0 Å².